The van der Waals surface area contributed by atoms with Crippen molar-refractivity contribution in [1.82, 2.24) is 15.3 Å². The third kappa shape index (κ3) is 3.77. The smallest absolute Gasteiger partial charge is 0.305 e. The number of carboxylic acid groups (broad SMARTS) is 1. The molecule has 1 atom stereocenters. The zero-order valence-corrected chi connectivity index (χ0v) is 7.93. The maximum atomic E-state index is 11.2. The Morgan fingerprint density at radius 1 is 1.67 bits per heavy atom. The van der Waals surface area contributed by atoms with Crippen LogP contribution in [0.1, 0.15) is 12.1 Å². The average Bonchev–Trinajstić information content (AvgIpc) is 2.65. The fourth-order valence-corrected chi connectivity index (χ4v) is 0.976. The molecule has 0 aliphatic heterocycles. The zero-order chi connectivity index (χ0) is 11.3. The SMILES string of the molecule is NC(CC(=O)O)C(=O)NCc1cnc[nH]1. The van der Waals surface area contributed by atoms with Gasteiger partial charge in [0.25, 0.3) is 0 Å². The number of aromatic amines is 1. The molecule has 0 saturated carbocycles. The van der Waals surface area contributed by atoms with Crippen molar-refractivity contribution in [3.05, 3.63) is 18.2 Å². The van der Waals surface area contributed by atoms with Crippen LogP contribution >= 0.6 is 0 Å². The van der Waals surface area contributed by atoms with E-state index in [0.717, 1.165) is 5.69 Å². The van der Waals surface area contributed by atoms with Crippen LogP contribution in [0.5, 0.6) is 0 Å². The minimum Gasteiger partial charge on any atom is -0.481 e. The summed E-state index contributed by atoms with van der Waals surface area (Å²) in [5.41, 5.74) is 6.07. The third-order valence-corrected chi connectivity index (χ3v) is 1.74. The van der Waals surface area contributed by atoms with Crippen LogP contribution in [0, 0.1) is 0 Å². The number of aromatic nitrogens is 2. The van der Waals surface area contributed by atoms with Crippen molar-refractivity contribution >= 4 is 11.9 Å². The number of carboxylic acids is 1. The van der Waals surface area contributed by atoms with E-state index in [1.54, 1.807) is 6.20 Å². The molecule has 1 unspecified atom stereocenters. The molecule has 1 heterocycles. The Labute approximate surface area is 85.7 Å². The Kier molecular flexibility index (Phi) is 3.81. The number of H-pyrrole nitrogens is 1. The highest BCUT2D eigenvalue weighted by molar-refractivity contribution is 5.85. The molecule has 1 amide bonds. The molecule has 0 bridgehead atoms. The van der Waals surface area contributed by atoms with Crippen molar-refractivity contribution in [3.63, 3.8) is 0 Å². The van der Waals surface area contributed by atoms with E-state index in [2.05, 4.69) is 15.3 Å². The lowest BCUT2D eigenvalue weighted by atomic mass is 10.2. The largest absolute Gasteiger partial charge is 0.481 e. The van der Waals surface area contributed by atoms with E-state index in [4.69, 9.17) is 10.8 Å². The minimum atomic E-state index is -1.10. The first-order valence-electron chi connectivity index (χ1n) is 4.32. The Bertz CT molecular complexity index is 336. The summed E-state index contributed by atoms with van der Waals surface area (Å²) in [6.07, 6.45) is 2.66. The van der Waals surface area contributed by atoms with E-state index in [1.807, 2.05) is 0 Å². The average molecular weight is 212 g/mol. The van der Waals surface area contributed by atoms with Crippen LogP contribution in [0.3, 0.4) is 0 Å². The van der Waals surface area contributed by atoms with Crippen LogP contribution in [0.4, 0.5) is 0 Å². The van der Waals surface area contributed by atoms with Gasteiger partial charge < -0.3 is 21.1 Å². The van der Waals surface area contributed by atoms with Gasteiger partial charge in [-0.1, -0.05) is 0 Å². The number of amides is 1. The van der Waals surface area contributed by atoms with Crippen molar-refractivity contribution in [2.75, 3.05) is 0 Å². The molecule has 0 aliphatic rings. The Balaban J connectivity index is 2.32. The van der Waals surface area contributed by atoms with Gasteiger partial charge in [0.2, 0.25) is 5.91 Å². The number of carbonyl (C=O) groups is 2. The van der Waals surface area contributed by atoms with Gasteiger partial charge in [0.15, 0.2) is 0 Å². The summed E-state index contributed by atoms with van der Waals surface area (Å²) in [6, 6.07) is -1.02. The molecule has 7 nitrogen and oxygen atoms in total. The molecule has 82 valence electrons. The van der Waals surface area contributed by atoms with Gasteiger partial charge in [-0.15, -0.1) is 0 Å². The van der Waals surface area contributed by atoms with Crippen molar-refractivity contribution in [2.45, 2.75) is 19.0 Å². The molecule has 0 saturated heterocycles. The molecule has 0 spiro atoms. The lowest BCUT2D eigenvalue weighted by Gasteiger charge is -2.08. The molecule has 1 rings (SSSR count). The van der Waals surface area contributed by atoms with Gasteiger partial charge in [-0.25, -0.2) is 4.98 Å². The first kappa shape index (κ1) is 11.2. The molecule has 0 fully saturated rings. The van der Waals surface area contributed by atoms with E-state index >= 15 is 0 Å². The van der Waals surface area contributed by atoms with Crippen LogP contribution in [-0.2, 0) is 16.1 Å². The molecule has 0 aliphatic carbocycles. The quantitative estimate of drug-likeness (QED) is 0.490. The van der Waals surface area contributed by atoms with E-state index < -0.39 is 17.9 Å². The molecule has 5 N–H and O–H groups in total. The van der Waals surface area contributed by atoms with Gasteiger partial charge >= 0.3 is 5.97 Å². The number of aliphatic carboxylic acids is 1. The Morgan fingerprint density at radius 3 is 2.93 bits per heavy atom. The van der Waals surface area contributed by atoms with Crippen LogP contribution < -0.4 is 11.1 Å². The highest BCUT2D eigenvalue weighted by atomic mass is 16.4. The Hall–Kier alpha value is -1.89. The summed E-state index contributed by atoms with van der Waals surface area (Å²) in [4.78, 5) is 28.1. The number of imidazole rings is 1. The van der Waals surface area contributed by atoms with Crippen molar-refractivity contribution in [3.8, 4) is 0 Å². The molecule has 0 radical (unpaired) electrons. The van der Waals surface area contributed by atoms with Gasteiger partial charge in [0.1, 0.15) is 0 Å². The second-order valence-corrected chi connectivity index (χ2v) is 3.00. The van der Waals surface area contributed by atoms with Crippen LogP contribution in [0.15, 0.2) is 12.5 Å². The second-order valence-electron chi connectivity index (χ2n) is 3.00. The van der Waals surface area contributed by atoms with Crippen molar-refractivity contribution in [1.29, 1.82) is 0 Å². The summed E-state index contributed by atoms with van der Waals surface area (Å²) < 4.78 is 0. The topological polar surface area (TPSA) is 121 Å². The predicted molar refractivity (Wildman–Crippen MR) is 50.7 cm³/mol. The predicted octanol–water partition coefficient (Wildman–Crippen LogP) is -1.17. The highest BCUT2D eigenvalue weighted by Gasteiger charge is 2.16. The number of nitrogens with two attached hydrogens (primary N) is 1. The zero-order valence-electron chi connectivity index (χ0n) is 7.93. The van der Waals surface area contributed by atoms with E-state index in [9.17, 15) is 9.59 Å². The second kappa shape index (κ2) is 5.11. The molecular formula is C8H12N4O3. The van der Waals surface area contributed by atoms with Crippen molar-refractivity contribution < 1.29 is 14.7 Å². The minimum absolute atomic E-state index is 0.256. The van der Waals surface area contributed by atoms with E-state index in [-0.39, 0.29) is 13.0 Å². The molecule has 1 aromatic rings. The van der Waals surface area contributed by atoms with Crippen LogP contribution in [-0.4, -0.2) is 33.0 Å². The lowest BCUT2D eigenvalue weighted by Crippen LogP contribution is -2.41. The van der Waals surface area contributed by atoms with Crippen LogP contribution in [0.25, 0.3) is 0 Å². The van der Waals surface area contributed by atoms with Gasteiger partial charge in [0.05, 0.1) is 31.0 Å². The summed E-state index contributed by atoms with van der Waals surface area (Å²) in [5, 5.41) is 10.9. The number of hydrogen-bond donors (Lipinski definition) is 4. The van der Waals surface area contributed by atoms with Crippen LogP contribution in [0.2, 0.25) is 0 Å². The number of rotatable bonds is 5. The van der Waals surface area contributed by atoms with Crippen molar-refractivity contribution in [2.24, 2.45) is 5.73 Å². The lowest BCUT2D eigenvalue weighted by molar-refractivity contribution is -0.139. The number of hydrogen-bond acceptors (Lipinski definition) is 4. The summed E-state index contributed by atoms with van der Waals surface area (Å²) in [7, 11) is 0. The molecular weight excluding hydrogens is 200 g/mol. The van der Waals surface area contributed by atoms with E-state index in [1.165, 1.54) is 6.33 Å². The number of nitrogens with zero attached hydrogens (tertiary/aromatic N) is 1. The van der Waals surface area contributed by atoms with E-state index in [0.29, 0.717) is 0 Å². The fraction of sp³-hybridized carbons (Fsp3) is 0.375. The number of carbonyl (C=O) groups excluding carboxylic acids is 1. The summed E-state index contributed by atoms with van der Waals surface area (Å²) in [5.74, 6) is -1.59. The first-order valence-corrected chi connectivity index (χ1v) is 4.32. The monoisotopic (exact) mass is 212 g/mol. The highest BCUT2D eigenvalue weighted by Crippen LogP contribution is 1.92. The molecule has 1 aromatic heterocycles. The van der Waals surface area contributed by atoms with Gasteiger partial charge in [-0.05, 0) is 0 Å². The van der Waals surface area contributed by atoms with Gasteiger partial charge in [0, 0.05) is 6.20 Å². The van der Waals surface area contributed by atoms with Gasteiger partial charge in [-0.3, -0.25) is 9.59 Å². The molecule has 15 heavy (non-hydrogen) atoms. The first-order chi connectivity index (χ1) is 7.09. The summed E-state index contributed by atoms with van der Waals surface area (Å²) >= 11 is 0. The maximum absolute atomic E-state index is 11.2. The number of nitrogens with one attached hydrogen (secondary N) is 2. The Morgan fingerprint density at radius 2 is 2.40 bits per heavy atom. The fourth-order valence-electron chi connectivity index (χ4n) is 0.976. The third-order valence-electron chi connectivity index (χ3n) is 1.74. The standard InChI is InChI=1S/C8H12N4O3/c9-6(1-7(13)14)8(15)11-3-5-2-10-4-12-5/h2,4,6H,1,3,9H2,(H,10,12)(H,11,15)(H,13,14). The molecule has 7 heteroatoms. The molecule has 0 aromatic carbocycles. The van der Waals surface area contributed by atoms with Gasteiger partial charge in [-0.2, -0.15) is 0 Å². The normalized spacial score (nSPS) is 12.1. The maximum Gasteiger partial charge on any atom is 0.305 e. The summed E-state index contributed by atoms with van der Waals surface area (Å²) in [6.45, 7) is 0.256.